The maximum absolute atomic E-state index is 12.7. The van der Waals surface area contributed by atoms with Gasteiger partial charge in [0.2, 0.25) is 0 Å². The minimum atomic E-state index is -4.22. The van der Waals surface area contributed by atoms with E-state index in [4.69, 9.17) is 10.0 Å². The van der Waals surface area contributed by atoms with Crippen molar-refractivity contribution in [3.05, 3.63) is 52.1 Å². The predicted molar refractivity (Wildman–Crippen MR) is 112 cm³/mol. The fraction of sp³-hybridized carbons (Fsp3) is 0.350. The first-order valence-electron chi connectivity index (χ1n) is 9.93. The Balaban J connectivity index is 1.57. The number of urea groups is 1. The van der Waals surface area contributed by atoms with E-state index in [2.05, 4.69) is 11.4 Å². The number of phenolic OH excluding ortho intramolecular Hbond substituents is 1. The first-order chi connectivity index (χ1) is 14.2. The van der Waals surface area contributed by atoms with E-state index in [-0.39, 0.29) is 22.5 Å². The van der Waals surface area contributed by atoms with Gasteiger partial charge in [-0.2, -0.15) is 0 Å². The highest BCUT2D eigenvalue weighted by molar-refractivity contribution is 7.90. The Morgan fingerprint density at radius 3 is 2.23 bits per heavy atom. The number of phenols is 1. The Bertz CT molecular complexity index is 1080. The lowest BCUT2D eigenvalue weighted by Crippen LogP contribution is -2.35. The van der Waals surface area contributed by atoms with Crippen molar-refractivity contribution in [1.82, 2.24) is 4.72 Å². The molecule has 0 atom stereocenters. The quantitative estimate of drug-likeness (QED) is 0.456. The number of hydrogen-bond donors (Lipinski definition) is 5. The van der Waals surface area contributed by atoms with Gasteiger partial charge in [-0.05, 0) is 84.5 Å². The minimum Gasteiger partial charge on any atom is -0.508 e. The lowest BCUT2D eigenvalue weighted by atomic mass is 9.82. The second kappa shape index (κ2) is 7.94. The molecule has 0 aliphatic heterocycles. The van der Waals surface area contributed by atoms with Crippen molar-refractivity contribution in [1.29, 1.82) is 0 Å². The van der Waals surface area contributed by atoms with Gasteiger partial charge in [-0.3, -0.25) is 0 Å². The predicted octanol–water partition coefficient (Wildman–Crippen LogP) is 1.43. The van der Waals surface area contributed by atoms with Crippen LogP contribution >= 0.6 is 0 Å². The number of aryl methyl sites for hydroxylation is 2. The molecule has 0 saturated heterocycles. The van der Waals surface area contributed by atoms with Gasteiger partial charge in [0.15, 0.2) is 0 Å². The van der Waals surface area contributed by atoms with Crippen LogP contribution in [0.5, 0.6) is 5.75 Å². The molecule has 0 aromatic heterocycles. The summed E-state index contributed by atoms with van der Waals surface area (Å²) in [6, 6.07) is 4.78. The number of aromatic hydroxyl groups is 1. The van der Waals surface area contributed by atoms with Crippen LogP contribution in [0.3, 0.4) is 0 Å². The van der Waals surface area contributed by atoms with E-state index in [1.807, 2.05) is 4.72 Å². The van der Waals surface area contributed by atoms with Gasteiger partial charge in [0.25, 0.3) is 10.0 Å². The van der Waals surface area contributed by atoms with Gasteiger partial charge >= 0.3 is 13.1 Å². The molecule has 10 heteroatoms. The van der Waals surface area contributed by atoms with Crippen molar-refractivity contribution < 1.29 is 28.4 Å². The van der Waals surface area contributed by atoms with Gasteiger partial charge in [-0.15, -0.1) is 0 Å². The number of carbonyl (C=O) groups excluding carboxylic acids is 1. The van der Waals surface area contributed by atoms with Crippen LogP contribution in [0.1, 0.15) is 40.7 Å². The molecule has 0 bridgehead atoms. The SMILES string of the molecule is O=C(Nc1c2c(cc3c1CCC3)CCC2)NS(=O)(=O)c1ccc(O)c(CB(O)O)c1. The molecule has 0 spiro atoms. The maximum Gasteiger partial charge on any atom is 0.456 e. The summed E-state index contributed by atoms with van der Waals surface area (Å²) in [6.45, 7) is 0. The Labute approximate surface area is 175 Å². The molecule has 2 aliphatic carbocycles. The van der Waals surface area contributed by atoms with E-state index in [1.165, 1.54) is 11.1 Å². The first kappa shape index (κ1) is 20.7. The molecule has 0 unspecified atom stereocenters. The monoisotopic (exact) mass is 430 g/mol. The average Bonchev–Trinajstić information content (AvgIpc) is 3.31. The number of fused-ring (bicyclic) bond motifs is 2. The molecule has 158 valence electrons. The molecular weight excluding hydrogens is 407 g/mol. The van der Waals surface area contributed by atoms with Crippen LogP contribution in [0.4, 0.5) is 10.5 Å². The second-order valence-electron chi connectivity index (χ2n) is 7.77. The number of amides is 2. The minimum absolute atomic E-state index is 0.0481. The summed E-state index contributed by atoms with van der Waals surface area (Å²) in [6.07, 6.45) is 5.32. The molecule has 4 rings (SSSR count). The highest BCUT2D eigenvalue weighted by Crippen LogP contribution is 2.38. The Kier molecular flexibility index (Phi) is 5.48. The van der Waals surface area contributed by atoms with E-state index in [1.54, 1.807) is 0 Å². The number of sulfonamides is 1. The number of anilines is 1. The van der Waals surface area contributed by atoms with Gasteiger partial charge in [0.05, 0.1) is 4.90 Å². The summed E-state index contributed by atoms with van der Waals surface area (Å²) >= 11 is 0. The zero-order valence-electron chi connectivity index (χ0n) is 16.3. The van der Waals surface area contributed by atoms with Crippen molar-refractivity contribution in [2.45, 2.75) is 49.7 Å². The largest absolute Gasteiger partial charge is 0.508 e. The number of carbonyl (C=O) groups is 1. The zero-order valence-corrected chi connectivity index (χ0v) is 17.1. The lowest BCUT2D eigenvalue weighted by Gasteiger charge is -2.17. The molecule has 2 aromatic rings. The van der Waals surface area contributed by atoms with E-state index in [0.29, 0.717) is 0 Å². The molecule has 0 radical (unpaired) electrons. The van der Waals surface area contributed by atoms with E-state index in [9.17, 15) is 18.3 Å². The van der Waals surface area contributed by atoms with Crippen molar-refractivity contribution in [3.63, 3.8) is 0 Å². The first-order valence-corrected chi connectivity index (χ1v) is 11.4. The molecule has 8 nitrogen and oxygen atoms in total. The van der Waals surface area contributed by atoms with Crippen molar-refractivity contribution in [2.75, 3.05) is 5.32 Å². The molecular formula is C20H23BN2O6S. The van der Waals surface area contributed by atoms with E-state index in [0.717, 1.165) is 73.5 Å². The topological polar surface area (TPSA) is 136 Å². The summed E-state index contributed by atoms with van der Waals surface area (Å²) in [4.78, 5) is 12.3. The van der Waals surface area contributed by atoms with Gasteiger partial charge in [-0.1, -0.05) is 6.07 Å². The molecule has 5 N–H and O–H groups in total. The number of nitrogens with one attached hydrogen (secondary N) is 2. The van der Waals surface area contributed by atoms with Crippen LogP contribution in [0.2, 0.25) is 0 Å². The van der Waals surface area contributed by atoms with E-state index < -0.39 is 23.2 Å². The summed E-state index contributed by atoms with van der Waals surface area (Å²) in [7, 11) is -5.96. The van der Waals surface area contributed by atoms with Crippen molar-refractivity contribution >= 4 is 28.9 Å². The third-order valence-corrected chi connectivity index (χ3v) is 7.03. The van der Waals surface area contributed by atoms with Crippen LogP contribution in [0, 0.1) is 0 Å². The summed E-state index contributed by atoms with van der Waals surface area (Å²) < 4.78 is 27.4. The van der Waals surface area contributed by atoms with Crippen LogP contribution in [-0.2, 0) is 42.0 Å². The van der Waals surface area contributed by atoms with Crippen molar-refractivity contribution in [3.8, 4) is 5.75 Å². The van der Waals surface area contributed by atoms with Gasteiger partial charge < -0.3 is 20.5 Å². The summed E-state index contributed by atoms with van der Waals surface area (Å²) in [5.74, 6) is -0.262. The Morgan fingerprint density at radius 2 is 1.63 bits per heavy atom. The third-order valence-electron chi connectivity index (χ3n) is 5.70. The molecule has 0 saturated carbocycles. The van der Waals surface area contributed by atoms with Crippen LogP contribution in [0.15, 0.2) is 29.2 Å². The molecule has 2 aromatic carbocycles. The number of benzene rings is 2. The second-order valence-corrected chi connectivity index (χ2v) is 9.45. The summed E-state index contributed by atoms with van der Waals surface area (Å²) in [5.41, 5.74) is 5.41. The molecule has 0 fully saturated rings. The smallest absolute Gasteiger partial charge is 0.456 e. The standard InChI is InChI=1S/C20H23BN2O6S/c24-18-8-7-15(10-14(18)11-21(26)27)30(28,29)23-20(25)22-19-16-5-1-3-12(16)9-13-4-2-6-17(13)19/h7-10,24,26-27H,1-6,11H2,(H2,22,23,25). The molecule has 2 amide bonds. The fourth-order valence-corrected chi connectivity index (χ4v) is 5.33. The van der Waals surface area contributed by atoms with Crippen LogP contribution in [-0.4, -0.2) is 36.7 Å². The van der Waals surface area contributed by atoms with E-state index >= 15 is 0 Å². The molecule has 2 aliphatic rings. The van der Waals surface area contributed by atoms with Gasteiger partial charge in [0.1, 0.15) is 5.75 Å². The van der Waals surface area contributed by atoms with Gasteiger partial charge in [-0.25, -0.2) is 17.9 Å². The Morgan fingerprint density at radius 1 is 1.00 bits per heavy atom. The van der Waals surface area contributed by atoms with Gasteiger partial charge in [0, 0.05) is 12.0 Å². The third kappa shape index (κ3) is 4.03. The van der Waals surface area contributed by atoms with Crippen molar-refractivity contribution in [2.24, 2.45) is 0 Å². The molecule has 0 heterocycles. The Hall–Kier alpha value is -2.56. The highest BCUT2D eigenvalue weighted by Gasteiger charge is 2.26. The molecule has 30 heavy (non-hydrogen) atoms. The summed E-state index contributed by atoms with van der Waals surface area (Å²) in [5, 5.41) is 30.8. The number of rotatable bonds is 5. The van der Waals surface area contributed by atoms with Crippen LogP contribution < -0.4 is 10.0 Å². The normalized spacial score (nSPS) is 14.9. The average molecular weight is 430 g/mol. The highest BCUT2D eigenvalue weighted by atomic mass is 32.2. The maximum atomic E-state index is 12.7. The fourth-order valence-electron chi connectivity index (χ4n) is 4.38. The van der Waals surface area contributed by atoms with Crippen LogP contribution in [0.25, 0.3) is 0 Å². The zero-order chi connectivity index (χ0) is 21.5. The lowest BCUT2D eigenvalue weighted by molar-refractivity contribution is 0.256. The number of hydrogen-bond acceptors (Lipinski definition) is 6.